The zero-order chi connectivity index (χ0) is 16.2. The minimum Gasteiger partial charge on any atom is -0.336 e. The van der Waals surface area contributed by atoms with Crippen molar-refractivity contribution in [2.75, 3.05) is 32.7 Å². The molecule has 1 aliphatic rings. The van der Waals surface area contributed by atoms with Gasteiger partial charge in [-0.2, -0.15) is 13.2 Å². The van der Waals surface area contributed by atoms with Crippen molar-refractivity contribution in [1.82, 2.24) is 9.80 Å². The number of amides is 1. The highest BCUT2D eigenvalue weighted by Gasteiger charge is 2.30. The lowest BCUT2D eigenvalue weighted by molar-refractivity contribution is -0.137. The van der Waals surface area contributed by atoms with Gasteiger partial charge in [0.25, 0.3) is 5.91 Å². The lowest BCUT2D eigenvalue weighted by Crippen LogP contribution is -2.48. The number of benzene rings is 1. The molecule has 1 amide bonds. The number of piperazine rings is 1. The van der Waals surface area contributed by atoms with Gasteiger partial charge in [-0.1, -0.05) is 13.3 Å². The van der Waals surface area contributed by atoms with E-state index in [9.17, 15) is 18.0 Å². The van der Waals surface area contributed by atoms with Crippen LogP contribution >= 0.6 is 0 Å². The van der Waals surface area contributed by atoms with Crippen molar-refractivity contribution >= 4 is 5.91 Å². The highest BCUT2D eigenvalue weighted by molar-refractivity contribution is 5.94. The van der Waals surface area contributed by atoms with Crippen molar-refractivity contribution in [2.24, 2.45) is 0 Å². The van der Waals surface area contributed by atoms with Crippen LogP contribution < -0.4 is 0 Å². The molecule has 0 aliphatic carbocycles. The standard InChI is InChI=1S/C16H21F3N2O/c1-2-3-8-20-9-11-21(12-10-20)15(22)13-4-6-14(7-5-13)16(17,18)19/h4-7H,2-3,8-12H2,1H3. The van der Waals surface area contributed by atoms with E-state index in [0.29, 0.717) is 18.7 Å². The number of carbonyl (C=O) groups is 1. The molecule has 0 saturated carbocycles. The first kappa shape index (κ1) is 16.8. The third kappa shape index (κ3) is 4.22. The minimum absolute atomic E-state index is 0.191. The molecule has 6 heteroatoms. The van der Waals surface area contributed by atoms with Crippen LogP contribution in [0.4, 0.5) is 13.2 Å². The molecule has 0 aromatic heterocycles. The van der Waals surface area contributed by atoms with E-state index in [1.54, 1.807) is 4.90 Å². The van der Waals surface area contributed by atoms with Gasteiger partial charge in [0.05, 0.1) is 5.56 Å². The number of rotatable bonds is 4. The maximum absolute atomic E-state index is 12.5. The monoisotopic (exact) mass is 314 g/mol. The number of carbonyl (C=O) groups excluding carboxylic acids is 1. The highest BCUT2D eigenvalue weighted by Crippen LogP contribution is 2.29. The van der Waals surface area contributed by atoms with Gasteiger partial charge in [-0.25, -0.2) is 0 Å². The molecule has 1 heterocycles. The Bertz CT molecular complexity index is 491. The molecule has 1 aliphatic heterocycles. The first-order chi connectivity index (χ1) is 10.4. The van der Waals surface area contributed by atoms with Crippen LogP contribution in [0.2, 0.25) is 0 Å². The predicted octanol–water partition coefficient (Wildman–Crippen LogP) is 3.26. The van der Waals surface area contributed by atoms with Gasteiger partial charge in [-0.3, -0.25) is 9.69 Å². The minimum atomic E-state index is -4.37. The van der Waals surface area contributed by atoms with Gasteiger partial charge in [0.1, 0.15) is 0 Å². The van der Waals surface area contributed by atoms with E-state index in [0.717, 1.165) is 44.6 Å². The molecular formula is C16H21F3N2O. The summed E-state index contributed by atoms with van der Waals surface area (Å²) in [5.74, 6) is -0.191. The Morgan fingerprint density at radius 2 is 1.68 bits per heavy atom. The van der Waals surface area contributed by atoms with E-state index >= 15 is 0 Å². The summed E-state index contributed by atoms with van der Waals surface area (Å²) in [5, 5.41) is 0. The van der Waals surface area contributed by atoms with Crippen LogP contribution in [0, 0.1) is 0 Å². The molecule has 1 aromatic rings. The third-order valence-corrected chi connectivity index (χ3v) is 3.95. The molecule has 0 radical (unpaired) electrons. The highest BCUT2D eigenvalue weighted by atomic mass is 19.4. The van der Waals surface area contributed by atoms with Crippen LogP contribution in [0.3, 0.4) is 0 Å². The van der Waals surface area contributed by atoms with E-state index in [1.165, 1.54) is 12.1 Å². The fraction of sp³-hybridized carbons (Fsp3) is 0.562. The molecule has 0 N–H and O–H groups in total. The van der Waals surface area contributed by atoms with Crippen molar-refractivity contribution < 1.29 is 18.0 Å². The Labute approximate surface area is 128 Å². The lowest BCUT2D eigenvalue weighted by Gasteiger charge is -2.34. The van der Waals surface area contributed by atoms with Gasteiger partial charge in [0, 0.05) is 31.7 Å². The van der Waals surface area contributed by atoms with Gasteiger partial charge < -0.3 is 4.90 Å². The molecule has 3 nitrogen and oxygen atoms in total. The lowest BCUT2D eigenvalue weighted by atomic mass is 10.1. The van der Waals surface area contributed by atoms with E-state index < -0.39 is 11.7 Å². The topological polar surface area (TPSA) is 23.6 Å². The fourth-order valence-electron chi connectivity index (χ4n) is 2.54. The second-order valence-corrected chi connectivity index (χ2v) is 5.56. The zero-order valence-electron chi connectivity index (χ0n) is 12.7. The summed E-state index contributed by atoms with van der Waals surface area (Å²) in [6.07, 6.45) is -2.08. The molecule has 1 aromatic carbocycles. The second-order valence-electron chi connectivity index (χ2n) is 5.56. The Morgan fingerprint density at radius 1 is 1.09 bits per heavy atom. The van der Waals surface area contributed by atoms with E-state index in [4.69, 9.17) is 0 Å². The van der Waals surface area contributed by atoms with Gasteiger partial charge in [-0.15, -0.1) is 0 Å². The maximum atomic E-state index is 12.5. The third-order valence-electron chi connectivity index (χ3n) is 3.95. The summed E-state index contributed by atoms with van der Waals surface area (Å²) in [6, 6.07) is 4.44. The number of nitrogens with zero attached hydrogens (tertiary/aromatic N) is 2. The summed E-state index contributed by atoms with van der Waals surface area (Å²) in [6.45, 7) is 6.09. The number of halogens is 3. The number of unbranched alkanes of at least 4 members (excludes halogenated alkanes) is 1. The van der Waals surface area contributed by atoms with Crippen LogP contribution in [-0.4, -0.2) is 48.4 Å². The van der Waals surface area contributed by atoms with Crippen molar-refractivity contribution in [3.8, 4) is 0 Å². The average Bonchev–Trinajstić information content (AvgIpc) is 2.52. The first-order valence-corrected chi connectivity index (χ1v) is 7.60. The summed E-state index contributed by atoms with van der Waals surface area (Å²) < 4.78 is 37.6. The number of hydrogen-bond donors (Lipinski definition) is 0. The summed E-state index contributed by atoms with van der Waals surface area (Å²) in [5.41, 5.74) is -0.413. The Balaban J connectivity index is 1.92. The molecule has 2 rings (SSSR count). The Hall–Kier alpha value is -1.56. The molecule has 22 heavy (non-hydrogen) atoms. The van der Waals surface area contributed by atoms with Gasteiger partial charge >= 0.3 is 6.18 Å². The van der Waals surface area contributed by atoms with Crippen molar-refractivity contribution in [3.05, 3.63) is 35.4 Å². The number of hydrogen-bond acceptors (Lipinski definition) is 2. The van der Waals surface area contributed by atoms with Crippen LogP contribution in [0.25, 0.3) is 0 Å². The largest absolute Gasteiger partial charge is 0.416 e. The van der Waals surface area contributed by atoms with E-state index in [2.05, 4.69) is 11.8 Å². The van der Waals surface area contributed by atoms with Crippen molar-refractivity contribution in [2.45, 2.75) is 25.9 Å². The van der Waals surface area contributed by atoms with E-state index in [1.807, 2.05) is 0 Å². The maximum Gasteiger partial charge on any atom is 0.416 e. The van der Waals surface area contributed by atoms with E-state index in [-0.39, 0.29) is 5.91 Å². The van der Waals surface area contributed by atoms with Crippen LogP contribution in [0.5, 0.6) is 0 Å². The van der Waals surface area contributed by atoms with Crippen LogP contribution in [0.15, 0.2) is 24.3 Å². The summed E-state index contributed by atoms with van der Waals surface area (Å²) >= 11 is 0. The smallest absolute Gasteiger partial charge is 0.336 e. The first-order valence-electron chi connectivity index (χ1n) is 7.60. The number of alkyl halides is 3. The molecule has 0 spiro atoms. The Kier molecular flexibility index (Phi) is 5.45. The molecular weight excluding hydrogens is 293 g/mol. The second kappa shape index (κ2) is 7.13. The zero-order valence-corrected chi connectivity index (χ0v) is 12.7. The Morgan fingerprint density at radius 3 is 2.18 bits per heavy atom. The van der Waals surface area contributed by atoms with Gasteiger partial charge in [0.15, 0.2) is 0 Å². The molecule has 122 valence electrons. The summed E-state index contributed by atoms with van der Waals surface area (Å²) in [7, 11) is 0. The predicted molar refractivity (Wildman–Crippen MR) is 78.7 cm³/mol. The molecule has 0 unspecified atom stereocenters. The molecule has 1 fully saturated rings. The van der Waals surface area contributed by atoms with Crippen LogP contribution in [-0.2, 0) is 6.18 Å². The van der Waals surface area contributed by atoms with Gasteiger partial charge in [0.2, 0.25) is 0 Å². The fourth-order valence-corrected chi connectivity index (χ4v) is 2.54. The van der Waals surface area contributed by atoms with Gasteiger partial charge in [-0.05, 0) is 37.2 Å². The molecule has 0 atom stereocenters. The molecule has 0 bridgehead atoms. The van der Waals surface area contributed by atoms with Crippen molar-refractivity contribution in [3.63, 3.8) is 0 Å². The quantitative estimate of drug-likeness (QED) is 0.851. The SMILES string of the molecule is CCCCN1CCN(C(=O)c2ccc(C(F)(F)F)cc2)CC1. The molecule has 1 saturated heterocycles. The van der Waals surface area contributed by atoms with Crippen LogP contribution in [0.1, 0.15) is 35.7 Å². The summed E-state index contributed by atoms with van der Waals surface area (Å²) in [4.78, 5) is 16.3. The van der Waals surface area contributed by atoms with Crippen molar-refractivity contribution in [1.29, 1.82) is 0 Å². The average molecular weight is 314 g/mol. The normalized spacial score (nSPS) is 16.8.